The molecule has 0 aliphatic carbocycles. The minimum atomic E-state index is -0.780. The van der Waals surface area contributed by atoms with Crippen molar-refractivity contribution in [3.8, 4) is 0 Å². The number of esters is 1. The third kappa shape index (κ3) is 5.08. The van der Waals surface area contributed by atoms with Gasteiger partial charge in [-0.3, -0.25) is 4.79 Å². The van der Waals surface area contributed by atoms with Crippen LogP contribution in [0.2, 0.25) is 0 Å². The molecule has 0 radical (unpaired) electrons. The molecule has 0 N–H and O–H groups in total. The summed E-state index contributed by atoms with van der Waals surface area (Å²) in [4.78, 5) is 13.2. The van der Waals surface area contributed by atoms with Gasteiger partial charge in [0.15, 0.2) is 11.6 Å². The first-order valence-corrected chi connectivity index (χ1v) is 12.2. The lowest BCUT2D eigenvalue weighted by molar-refractivity contribution is -0.336. The first-order valence-electron chi connectivity index (χ1n) is 12.2. The van der Waals surface area contributed by atoms with Crippen LogP contribution in [0.1, 0.15) is 75.7 Å². The van der Waals surface area contributed by atoms with Gasteiger partial charge in [-0.05, 0) is 59.5 Å². The molecule has 3 saturated heterocycles. The Morgan fingerprint density at radius 1 is 0.750 bits per heavy atom. The van der Waals surface area contributed by atoms with Crippen LogP contribution in [0.3, 0.4) is 0 Å². The molecule has 0 spiro atoms. The van der Waals surface area contributed by atoms with Crippen LogP contribution in [-0.4, -0.2) is 48.1 Å². The van der Waals surface area contributed by atoms with E-state index in [2.05, 4.69) is 34.3 Å². The van der Waals surface area contributed by atoms with Gasteiger partial charge in [-0.1, -0.05) is 34.3 Å². The van der Waals surface area contributed by atoms with Crippen LogP contribution in [0.25, 0.3) is 0 Å². The molecule has 0 unspecified atom stereocenters. The summed E-state index contributed by atoms with van der Waals surface area (Å²) in [7, 11) is 0. The van der Waals surface area contributed by atoms with Crippen LogP contribution < -0.4 is 0 Å². The second-order valence-corrected chi connectivity index (χ2v) is 11.4. The van der Waals surface area contributed by atoms with Crippen LogP contribution in [0.4, 0.5) is 0 Å². The van der Waals surface area contributed by atoms with Gasteiger partial charge >= 0.3 is 5.97 Å². The quantitative estimate of drug-likeness (QED) is 0.376. The maximum atomic E-state index is 13.2. The number of cyclic esters (lactones) is 1. The zero-order valence-electron chi connectivity index (χ0n) is 21.6. The number of ether oxygens (including phenoxy) is 5. The second-order valence-electron chi connectivity index (χ2n) is 11.4. The first kappa shape index (κ1) is 25.7. The van der Waals surface area contributed by atoms with E-state index in [1.807, 2.05) is 41.5 Å². The van der Waals surface area contributed by atoms with Gasteiger partial charge < -0.3 is 23.7 Å². The standard InChI is InChI=1S/C26H44O6/c1-13-12-14(2)21-17(5)23(32-26(10,11)30-21)18(6)24(27)28-19(7)15(3)22-16(4)20(13)29-25(8,9)31-22/h14-23H,1,12H2,2-11H3/t14-,15-,16-,17+,18+,19+,20-,21-,22-,23-/m0/s1. The SMILES string of the molecule is C=C1C[C@H](C)[C@@H]2OC(C)(C)O[C@@H]([C@@H]2C)[C@@H](C)C(=O)O[C@H](C)[C@H](C)[C@@H]2OC(C)(C)O[C@@H]1[C@@H]2C. The Morgan fingerprint density at radius 3 is 1.91 bits per heavy atom. The number of hydrogen-bond acceptors (Lipinski definition) is 6. The number of carbonyl (C=O) groups excluding carboxylic acids is 1. The molecule has 10 atom stereocenters. The Kier molecular flexibility index (Phi) is 7.23. The van der Waals surface area contributed by atoms with E-state index in [4.69, 9.17) is 23.7 Å². The highest BCUT2D eigenvalue weighted by Crippen LogP contribution is 2.43. The fraction of sp³-hybridized carbons (Fsp3) is 0.885. The zero-order valence-corrected chi connectivity index (χ0v) is 21.6. The summed E-state index contributed by atoms with van der Waals surface area (Å²) in [6, 6.07) is 0. The van der Waals surface area contributed by atoms with Crippen molar-refractivity contribution in [1.29, 1.82) is 0 Å². The minimum Gasteiger partial charge on any atom is -0.462 e. The predicted octanol–water partition coefficient (Wildman–Crippen LogP) is 5.10. The van der Waals surface area contributed by atoms with Crippen molar-refractivity contribution in [3.63, 3.8) is 0 Å². The summed E-state index contributed by atoms with van der Waals surface area (Å²) in [5.41, 5.74) is 1.06. The van der Waals surface area contributed by atoms with E-state index in [-0.39, 0.29) is 60.2 Å². The van der Waals surface area contributed by atoms with Gasteiger partial charge in [0.25, 0.3) is 0 Å². The molecule has 3 heterocycles. The molecular formula is C26H44O6. The third-order valence-corrected chi connectivity index (χ3v) is 7.68. The molecule has 0 amide bonds. The van der Waals surface area contributed by atoms with Crippen LogP contribution in [-0.2, 0) is 28.5 Å². The number of fused-ring (bicyclic) bond motifs is 4. The van der Waals surface area contributed by atoms with E-state index in [0.717, 1.165) is 12.0 Å². The third-order valence-electron chi connectivity index (χ3n) is 7.68. The lowest BCUT2D eigenvalue weighted by Gasteiger charge is -2.50. The van der Waals surface area contributed by atoms with Crippen molar-refractivity contribution >= 4 is 5.97 Å². The van der Waals surface area contributed by atoms with Gasteiger partial charge in [-0.15, -0.1) is 0 Å². The summed E-state index contributed by atoms with van der Waals surface area (Å²) >= 11 is 0. The fourth-order valence-electron chi connectivity index (χ4n) is 5.81. The Hall–Kier alpha value is -0.950. The second kappa shape index (κ2) is 9.01. The average molecular weight is 453 g/mol. The lowest BCUT2D eigenvalue weighted by atomic mass is 9.77. The molecule has 6 heteroatoms. The molecule has 3 aliphatic heterocycles. The maximum Gasteiger partial charge on any atom is 0.311 e. The van der Waals surface area contributed by atoms with Gasteiger partial charge in [-0.2, -0.15) is 0 Å². The van der Waals surface area contributed by atoms with Gasteiger partial charge in [-0.25, -0.2) is 0 Å². The summed E-state index contributed by atoms with van der Waals surface area (Å²) in [5.74, 6) is -1.87. The van der Waals surface area contributed by atoms with Gasteiger partial charge in [0.2, 0.25) is 0 Å². The van der Waals surface area contributed by atoms with Crippen molar-refractivity contribution in [2.24, 2.45) is 29.6 Å². The Bertz CT molecular complexity index is 715. The molecule has 184 valence electrons. The maximum absolute atomic E-state index is 13.2. The van der Waals surface area contributed by atoms with Crippen molar-refractivity contribution in [3.05, 3.63) is 12.2 Å². The molecule has 0 aromatic rings. The normalized spacial score (nSPS) is 47.3. The van der Waals surface area contributed by atoms with E-state index in [9.17, 15) is 4.79 Å². The topological polar surface area (TPSA) is 63.2 Å². The molecule has 4 bridgehead atoms. The molecule has 3 aliphatic rings. The Labute approximate surface area is 194 Å². The van der Waals surface area contributed by atoms with E-state index in [0.29, 0.717) is 0 Å². The highest BCUT2D eigenvalue weighted by Gasteiger charge is 2.50. The molecule has 3 fully saturated rings. The molecule has 0 aromatic heterocycles. The molecule has 32 heavy (non-hydrogen) atoms. The molecular weight excluding hydrogens is 408 g/mol. The smallest absolute Gasteiger partial charge is 0.311 e. The molecule has 0 saturated carbocycles. The molecule has 3 rings (SSSR count). The monoisotopic (exact) mass is 452 g/mol. The summed E-state index contributed by atoms with van der Waals surface area (Å²) < 4.78 is 31.4. The minimum absolute atomic E-state index is 0.00258. The lowest BCUT2D eigenvalue weighted by Crippen LogP contribution is -2.57. The van der Waals surface area contributed by atoms with Crippen LogP contribution >= 0.6 is 0 Å². The summed E-state index contributed by atoms with van der Waals surface area (Å²) in [6.45, 7) is 24.6. The van der Waals surface area contributed by atoms with Crippen LogP contribution in [0.5, 0.6) is 0 Å². The highest BCUT2D eigenvalue weighted by atomic mass is 16.7. The van der Waals surface area contributed by atoms with Crippen LogP contribution in [0.15, 0.2) is 12.2 Å². The molecule has 0 aromatic carbocycles. The van der Waals surface area contributed by atoms with Crippen molar-refractivity contribution in [2.75, 3.05) is 0 Å². The zero-order chi connectivity index (χ0) is 24.2. The predicted molar refractivity (Wildman–Crippen MR) is 123 cm³/mol. The van der Waals surface area contributed by atoms with E-state index in [1.165, 1.54) is 0 Å². The number of carbonyl (C=O) groups is 1. The Morgan fingerprint density at radius 2 is 1.28 bits per heavy atom. The summed E-state index contributed by atoms with van der Waals surface area (Å²) in [6.07, 6.45) is -0.158. The van der Waals surface area contributed by atoms with Gasteiger partial charge in [0.05, 0.1) is 30.3 Å². The fourth-order valence-corrected chi connectivity index (χ4v) is 5.81. The van der Waals surface area contributed by atoms with Crippen molar-refractivity contribution in [2.45, 2.75) is 118 Å². The number of hydrogen-bond donors (Lipinski definition) is 0. The molecule has 6 nitrogen and oxygen atoms in total. The average Bonchev–Trinajstić information content (AvgIpc) is 2.68. The van der Waals surface area contributed by atoms with Crippen LogP contribution in [0, 0.1) is 29.6 Å². The highest BCUT2D eigenvalue weighted by molar-refractivity contribution is 5.73. The van der Waals surface area contributed by atoms with Crippen molar-refractivity contribution in [1.82, 2.24) is 0 Å². The largest absolute Gasteiger partial charge is 0.462 e. The number of rotatable bonds is 0. The van der Waals surface area contributed by atoms with Gasteiger partial charge in [0.1, 0.15) is 6.10 Å². The van der Waals surface area contributed by atoms with Crippen molar-refractivity contribution < 1.29 is 28.5 Å². The summed E-state index contributed by atoms with van der Waals surface area (Å²) in [5, 5.41) is 0. The van der Waals surface area contributed by atoms with E-state index < -0.39 is 17.5 Å². The Balaban J connectivity index is 2.01. The van der Waals surface area contributed by atoms with E-state index >= 15 is 0 Å². The first-order chi connectivity index (χ1) is 14.6. The van der Waals surface area contributed by atoms with E-state index in [1.54, 1.807) is 0 Å². The van der Waals surface area contributed by atoms with Gasteiger partial charge in [0, 0.05) is 17.8 Å².